The molecule has 0 amide bonds. The normalized spacial score (nSPS) is 10.5. The molecule has 0 atom stereocenters. The maximum atomic E-state index is 11.9. The molecular formula is C16H13O3. The van der Waals surface area contributed by atoms with Gasteiger partial charge in [-0.3, -0.25) is 14.4 Å². The van der Waals surface area contributed by atoms with E-state index in [9.17, 15) is 14.4 Å². The minimum atomic E-state index is -0.294. The lowest BCUT2D eigenvalue weighted by atomic mass is 9.89. The molecule has 0 fully saturated rings. The molecule has 0 saturated carbocycles. The van der Waals surface area contributed by atoms with Crippen LogP contribution in [-0.4, -0.2) is 17.3 Å². The average molecular weight is 253 g/mol. The van der Waals surface area contributed by atoms with Gasteiger partial charge in [-0.05, 0) is 31.5 Å². The third-order valence-corrected chi connectivity index (χ3v) is 3.01. The molecule has 2 rings (SSSR count). The van der Waals surface area contributed by atoms with E-state index in [0.29, 0.717) is 16.3 Å². The van der Waals surface area contributed by atoms with Crippen LogP contribution in [0.15, 0.2) is 24.3 Å². The van der Waals surface area contributed by atoms with E-state index < -0.39 is 0 Å². The van der Waals surface area contributed by atoms with E-state index in [1.807, 2.05) is 0 Å². The van der Waals surface area contributed by atoms with E-state index in [2.05, 4.69) is 6.07 Å². The summed E-state index contributed by atoms with van der Waals surface area (Å²) in [7, 11) is 0. The van der Waals surface area contributed by atoms with Crippen LogP contribution in [0, 0.1) is 6.07 Å². The third kappa shape index (κ3) is 2.19. The van der Waals surface area contributed by atoms with E-state index in [4.69, 9.17) is 0 Å². The van der Waals surface area contributed by atoms with Crippen molar-refractivity contribution in [1.82, 2.24) is 0 Å². The highest BCUT2D eigenvalue weighted by molar-refractivity contribution is 6.20. The zero-order valence-electron chi connectivity index (χ0n) is 11.0. The highest BCUT2D eigenvalue weighted by atomic mass is 16.1. The van der Waals surface area contributed by atoms with Crippen LogP contribution >= 0.6 is 0 Å². The zero-order valence-corrected chi connectivity index (χ0v) is 11.0. The second kappa shape index (κ2) is 4.76. The number of fused-ring (bicyclic) bond motifs is 1. The Bertz CT molecular complexity index is 711. The maximum absolute atomic E-state index is 11.9. The third-order valence-electron chi connectivity index (χ3n) is 3.01. The van der Waals surface area contributed by atoms with Crippen LogP contribution in [0.3, 0.4) is 0 Å². The Hall–Kier alpha value is -2.29. The summed E-state index contributed by atoms with van der Waals surface area (Å²) in [4.78, 5) is 35.4. The van der Waals surface area contributed by atoms with Crippen molar-refractivity contribution in [2.75, 3.05) is 0 Å². The molecule has 0 aliphatic heterocycles. The first-order chi connectivity index (χ1) is 8.93. The standard InChI is InChI=1S/C16H13O3/c1-9(17)14-8-12-6-4-5-7-13(12)15(10(2)18)16(14)11(3)19/h4-7H,1-3H3. The number of carbonyl (C=O) groups is 3. The lowest BCUT2D eigenvalue weighted by Gasteiger charge is -2.12. The Kier molecular flexibility index (Phi) is 3.30. The van der Waals surface area contributed by atoms with Gasteiger partial charge in [0.1, 0.15) is 0 Å². The van der Waals surface area contributed by atoms with Crippen LogP contribution in [0.1, 0.15) is 51.8 Å². The highest BCUT2D eigenvalue weighted by Gasteiger charge is 2.21. The SMILES string of the molecule is CC(=O)c1[c]c2ccccc2c(C(C)=O)c1C(C)=O. The van der Waals surface area contributed by atoms with Gasteiger partial charge < -0.3 is 0 Å². The van der Waals surface area contributed by atoms with Gasteiger partial charge in [0.15, 0.2) is 17.3 Å². The monoisotopic (exact) mass is 253 g/mol. The van der Waals surface area contributed by atoms with Crippen LogP contribution in [0.5, 0.6) is 0 Å². The van der Waals surface area contributed by atoms with E-state index in [0.717, 1.165) is 0 Å². The molecule has 3 nitrogen and oxygen atoms in total. The lowest BCUT2D eigenvalue weighted by molar-refractivity contribution is 0.0969. The summed E-state index contributed by atoms with van der Waals surface area (Å²) in [6, 6.07) is 10.1. The van der Waals surface area contributed by atoms with Gasteiger partial charge in [-0.1, -0.05) is 24.3 Å². The minimum absolute atomic E-state index is 0.179. The van der Waals surface area contributed by atoms with Gasteiger partial charge >= 0.3 is 0 Å². The number of hydrogen-bond donors (Lipinski definition) is 0. The van der Waals surface area contributed by atoms with Crippen molar-refractivity contribution in [1.29, 1.82) is 0 Å². The molecule has 95 valence electrons. The van der Waals surface area contributed by atoms with Crippen LogP contribution in [0.4, 0.5) is 0 Å². The number of rotatable bonds is 3. The summed E-state index contributed by atoms with van der Waals surface area (Å²) >= 11 is 0. The first kappa shape index (κ1) is 13.1. The quantitative estimate of drug-likeness (QED) is 0.789. The van der Waals surface area contributed by atoms with Crippen molar-refractivity contribution < 1.29 is 14.4 Å². The van der Waals surface area contributed by atoms with Gasteiger partial charge in [0.25, 0.3) is 0 Å². The lowest BCUT2D eigenvalue weighted by Crippen LogP contribution is -2.12. The molecule has 0 aliphatic rings. The molecule has 0 N–H and O–H groups in total. The van der Waals surface area contributed by atoms with Crippen LogP contribution < -0.4 is 0 Å². The first-order valence-electron chi connectivity index (χ1n) is 5.94. The molecule has 0 unspecified atom stereocenters. The largest absolute Gasteiger partial charge is 0.294 e. The first-order valence-corrected chi connectivity index (χ1v) is 5.94. The Morgan fingerprint density at radius 1 is 0.842 bits per heavy atom. The van der Waals surface area contributed by atoms with Gasteiger partial charge in [0.05, 0.1) is 0 Å². The molecule has 1 radical (unpaired) electrons. The molecule has 3 heteroatoms. The Labute approximate surface area is 111 Å². The van der Waals surface area contributed by atoms with E-state index >= 15 is 0 Å². The summed E-state index contributed by atoms with van der Waals surface area (Å²) in [5.74, 6) is -0.784. The van der Waals surface area contributed by atoms with Crippen molar-refractivity contribution in [3.8, 4) is 0 Å². The molecule has 19 heavy (non-hydrogen) atoms. The summed E-state index contributed by atoms with van der Waals surface area (Å²) in [6.45, 7) is 4.13. The summed E-state index contributed by atoms with van der Waals surface area (Å²) < 4.78 is 0. The summed E-state index contributed by atoms with van der Waals surface area (Å²) in [5.41, 5.74) is 0.683. The fourth-order valence-electron chi connectivity index (χ4n) is 2.25. The molecule has 2 aromatic rings. The maximum Gasteiger partial charge on any atom is 0.161 e. The molecule has 0 aliphatic carbocycles. The Balaban J connectivity index is 3.04. The van der Waals surface area contributed by atoms with Crippen molar-refractivity contribution in [3.05, 3.63) is 47.0 Å². The molecule has 0 spiro atoms. The van der Waals surface area contributed by atoms with Gasteiger partial charge in [0, 0.05) is 22.8 Å². The van der Waals surface area contributed by atoms with Gasteiger partial charge in [0.2, 0.25) is 0 Å². The predicted molar refractivity (Wildman–Crippen MR) is 72.8 cm³/mol. The van der Waals surface area contributed by atoms with Gasteiger partial charge in [-0.15, -0.1) is 0 Å². The minimum Gasteiger partial charge on any atom is -0.294 e. The predicted octanol–water partition coefficient (Wildman–Crippen LogP) is 3.25. The fraction of sp³-hybridized carbons (Fsp3) is 0.188. The molecule has 0 heterocycles. The Morgan fingerprint density at radius 3 is 1.95 bits per heavy atom. The number of Topliss-reactive ketones (excluding diaryl/α,β-unsaturated/α-hetero) is 3. The van der Waals surface area contributed by atoms with E-state index in [-0.39, 0.29) is 28.5 Å². The van der Waals surface area contributed by atoms with Crippen molar-refractivity contribution >= 4 is 28.1 Å². The van der Waals surface area contributed by atoms with Gasteiger partial charge in [-0.2, -0.15) is 0 Å². The molecule has 0 aromatic heterocycles. The average Bonchev–Trinajstić information content (AvgIpc) is 2.35. The molecule has 0 saturated heterocycles. The summed E-state index contributed by atoms with van der Waals surface area (Å²) in [6.07, 6.45) is 0. The zero-order chi connectivity index (χ0) is 14.2. The van der Waals surface area contributed by atoms with E-state index in [1.54, 1.807) is 24.3 Å². The number of ketones is 3. The van der Waals surface area contributed by atoms with E-state index in [1.165, 1.54) is 20.8 Å². The van der Waals surface area contributed by atoms with Crippen LogP contribution in [-0.2, 0) is 0 Å². The second-order valence-electron chi connectivity index (χ2n) is 4.46. The topological polar surface area (TPSA) is 51.2 Å². The highest BCUT2D eigenvalue weighted by Crippen LogP contribution is 2.27. The Morgan fingerprint density at radius 2 is 1.42 bits per heavy atom. The number of benzene rings is 2. The second-order valence-corrected chi connectivity index (χ2v) is 4.46. The van der Waals surface area contributed by atoms with Gasteiger partial charge in [-0.25, -0.2) is 0 Å². The smallest absolute Gasteiger partial charge is 0.161 e. The number of hydrogen-bond acceptors (Lipinski definition) is 3. The molecule has 2 aromatic carbocycles. The molecular weight excluding hydrogens is 240 g/mol. The molecule has 0 bridgehead atoms. The van der Waals surface area contributed by atoms with Crippen molar-refractivity contribution in [2.45, 2.75) is 20.8 Å². The fourth-order valence-corrected chi connectivity index (χ4v) is 2.25. The van der Waals surface area contributed by atoms with Crippen molar-refractivity contribution in [2.24, 2.45) is 0 Å². The number of carbonyl (C=O) groups excluding carboxylic acids is 3. The summed E-state index contributed by atoms with van der Waals surface area (Å²) in [5, 5.41) is 1.33. The van der Waals surface area contributed by atoms with Crippen LogP contribution in [0.25, 0.3) is 10.8 Å². The van der Waals surface area contributed by atoms with Crippen molar-refractivity contribution in [3.63, 3.8) is 0 Å². The van der Waals surface area contributed by atoms with Crippen LogP contribution in [0.2, 0.25) is 0 Å².